The van der Waals surface area contributed by atoms with Crippen LogP contribution < -0.4 is 19.5 Å². The van der Waals surface area contributed by atoms with Crippen molar-refractivity contribution < 1.29 is 28.3 Å². The number of nitro groups is 1. The van der Waals surface area contributed by atoms with Gasteiger partial charge >= 0.3 is 0 Å². The second kappa shape index (κ2) is 10.6. The largest absolute Gasteiger partial charge is 0.493 e. The molecule has 0 saturated heterocycles. The molecule has 0 saturated carbocycles. The summed E-state index contributed by atoms with van der Waals surface area (Å²) >= 11 is 0. The molecule has 9 nitrogen and oxygen atoms in total. The van der Waals surface area contributed by atoms with Gasteiger partial charge in [0.1, 0.15) is 23.9 Å². The standard InChI is InChI=1S/C27H24N2O7/c1-17-10-18(2)12-22(11-17)34-16-21-8-9-26(35-21)27(30)28-19-13-20(29(31)32)15-23(14-19)36-25-7-5-4-6-24(25)33-3/h4-15H,16H2,1-3H3,(H,28,30). The van der Waals surface area contributed by atoms with Gasteiger partial charge in [-0.1, -0.05) is 18.2 Å². The van der Waals surface area contributed by atoms with Crippen LogP contribution >= 0.6 is 0 Å². The summed E-state index contributed by atoms with van der Waals surface area (Å²) in [5.41, 5.74) is 2.08. The Morgan fingerprint density at radius 2 is 1.67 bits per heavy atom. The first-order valence-corrected chi connectivity index (χ1v) is 11.0. The van der Waals surface area contributed by atoms with Crippen molar-refractivity contribution in [1.82, 2.24) is 0 Å². The van der Waals surface area contributed by atoms with E-state index in [4.69, 9.17) is 18.6 Å². The van der Waals surface area contributed by atoms with Gasteiger partial charge in [0.05, 0.1) is 23.8 Å². The monoisotopic (exact) mass is 488 g/mol. The maximum atomic E-state index is 12.8. The Balaban J connectivity index is 1.48. The number of benzene rings is 3. The maximum Gasteiger partial charge on any atom is 0.291 e. The minimum absolute atomic E-state index is 0.0349. The van der Waals surface area contributed by atoms with Crippen LogP contribution in [0.15, 0.2) is 77.2 Å². The molecule has 36 heavy (non-hydrogen) atoms. The van der Waals surface area contributed by atoms with E-state index in [0.29, 0.717) is 23.0 Å². The molecule has 0 spiro atoms. The number of non-ortho nitro benzene ring substituents is 1. The molecule has 0 fully saturated rings. The summed E-state index contributed by atoms with van der Waals surface area (Å²) in [4.78, 5) is 23.6. The van der Waals surface area contributed by atoms with Gasteiger partial charge in [-0.25, -0.2) is 0 Å². The number of furan rings is 1. The summed E-state index contributed by atoms with van der Waals surface area (Å²) in [5.74, 6) is 1.61. The normalized spacial score (nSPS) is 10.5. The van der Waals surface area contributed by atoms with E-state index in [1.54, 1.807) is 30.3 Å². The summed E-state index contributed by atoms with van der Waals surface area (Å²) in [7, 11) is 1.49. The third-order valence-electron chi connectivity index (χ3n) is 5.12. The molecule has 0 bridgehead atoms. The molecule has 0 aliphatic carbocycles. The summed E-state index contributed by atoms with van der Waals surface area (Å²) < 4.78 is 22.4. The number of amides is 1. The first-order valence-electron chi connectivity index (χ1n) is 11.0. The van der Waals surface area contributed by atoms with E-state index in [2.05, 4.69) is 5.32 Å². The molecule has 0 aliphatic heterocycles. The SMILES string of the molecule is COc1ccccc1Oc1cc(NC(=O)c2ccc(COc3cc(C)cc(C)c3)o2)cc([N+](=O)[O-])c1. The molecule has 9 heteroatoms. The number of hydrogen-bond acceptors (Lipinski definition) is 7. The highest BCUT2D eigenvalue weighted by molar-refractivity contribution is 6.02. The molecule has 0 atom stereocenters. The summed E-state index contributed by atoms with van der Waals surface area (Å²) in [6.07, 6.45) is 0. The van der Waals surface area contributed by atoms with Crippen LogP contribution in [0.3, 0.4) is 0 Å². The predicted octanol–water partition coefficient (Wildman–Crippen LogP) is 6.44. The summed E-state index contributed by atoms with van der Waals surface area (Å²) in [5, 5.41) is 14.1. The zero-order chi connectivity index (χ0) is 25.7. The lowest BCUT2D eigenvalue weighted by molar-refractivity contribution is -0.384. The van der Waals surface area contributed by atoms with E-state index in [-0.39, 0.29) is 29.5 Å². The van der Waals surface area contributed by atoms with Gasteiger partial charge in [0, 0.05) is 12.1 Å². The number of carbonyl (C=O) groups is 1. The fraction of sp³-hybridized carbons (Fsp3) is 0.148. The van der Waals surface area contributed by atoms with Crippen LogP contribution in [0.4, 0.5) is 11.4 Å². The van der Waals surface area contributed by atoms with Crippen LogP contribution in [0.5, 0.6) is 23.0 Å². The molecule has 1 N–H and O–H groups in total. The van der Waals surface area contributed by atoms with Crippen molar-refractivity contribution in [3.05, 3.63) is 106 Å². The maximum absolute atomic E-state index is 12.8. The molecule has 0 aliphatic rings. The van der Waals surface area contributed by atoms with Gasteiger partial charge in [-0.3, -0.25) is 14.9 Å². The Bertz CT molecular complexity index is 1390. The lowest BCUT2D eigenvalue weighted by Crippen LogP contribution is -2.11. The van der Waals surface area contributed by atoms with Gasteiger partial charge in [0.2, 0.25) is 0 Å². The molecule has 0 unspecified atom stereocenters. The van der Waals surface area contributed by atoms with Gasteiger partial charge in [-0.15, -0.1) is 0 Å². The van der Waals surface area contributed by atoms with Gasteiger partial charge in [-0.2, -0.15) is 0 Å². The van der Waals surface area contributed by atoms with E-state index in [1.165, 1.54) is 31.4 Å². The molecular weight excluding hydrogens is 464 g/mol. The topological polar surface area (TPSA) is 113 Å². The second-order valence-corrected chi connectivity index (χ2v) is 8.06. The number of methoxy groups -OCH3 is 1. The first-order chi connectivity index (χ1) is 17.3. The van der Waals surface area contributed by atoms with Crippen LogP contribution in [0.2, 0.25) is 0 Å². The number of ether oxygens (including phenoxy) is 3. The zero-order valence-electron chi connectivity index (χ0n) is 19.9. The number of rotatable bonds is 9. The number of hydrogen-bond donors (Lipinski definition) is 1. The van der Waals surface area contributed by atoms with Gasteiger partial charge < -0.3 is 23.9 Å². The first kappa shape index (κ1) is 24.3. The lowest BCUT2D eigenvalue weighted by atomic mass is 10.1. The van der Waals surface area contributed by atoms with Crippen LogP contribution in [-0.2, 0) is 6.61 Å². The van der Waals surface area contributed by atoms with Crippen molar-refractivity contribution in [3.8, 4) is 23.0 Å². The summed E-state index contributed by atoms with van der Waals surface area (Å²) in [6, 6.07) is 19.9. The molecule has 4 rings (SSSR count). The third-order valence-corrected chi connectivity index (χ3v) is 5.12. The molecule has 0 radical (unpaired) electrons. The van der Waals surface area contributed by atoms with Crippen LogP contribution in [0, 0.1) is 24.0 Å². The number of carbonyl (C=O) groups excluding carboxylic acids is 1. The predicted molar refractivity (Wildman–Crippen MR) is 133 cm³/mol. The molecule has 184 valence electrons. The Morgan fingerprint density at radius 1 is 0.944 bits per heavy atom. The molecular formula is C27H24N2O7. The van der Waals surface area contributed by atoms with Crippen molar-refractivity contribution in [2.75, 3.05) is 12.4 Å². The molecule has 1 heterocycles. The number of nitrogens with zero attached hydrogens (tertiary/aromatic N) is 1. The highest BCUT2D eigenvalue weighted by atomic mass is 16.6. The van der Waals surface area contributed by atoms with Crippen LogP contribution in [-0.4, -0.2) is 17.9 Å². The summed E-state index contributed by atoms with van der Waals surface area (Å²) in [6.45, 7) is 4.11. The van der Waals surface area contributed by atoms with Gasteiger partial charge in [0.15, 0.2) is 17.3 Å². The smallest absolute Gasteiger partial charge is 0.291 e. The lowest BCUT2D eigenvalue weighted by Gasteiger charge is -2.11. The fourth-order valence-corrected chi connectivity index (χ4v) is 3.59. The fourth-order valence-electron chi connectivity index (χ4n) is 3.59. The molecule has 3 aromatic carbocycles. The quantitative estimate of drug-likeness (QED) is 0.213. The van der Waals surface area contributed by atoms with E-state index in [1.807, 2.05) is 32.0 Å². The van der Waals surface area contributed by atoms with Crippen molar-refractivity contribution in [1.29, 1.82) is 0 Å². The van der Waals surface area contributed by atoms with E-state index >= 15 is 0 Å². The number of nitro benzene ring substituents is 1. The van der Waals surface area contributed by atoms with Crippen molar-refractivity contribution in [2.24, 2.45) is 0 Å². The number of nitrogens with one attached hydrogen (secondary N) is 1. The third kappa shape index (κ3) is 6.01. The number of anilines is 1. The van der Waals surface area contributed by atoms with E-state index < -0.39 is 10.8 Å². The Labute approximate surface area is 207 Å². The number of aryl methyl sites for hydroxylation is 2. The zero-order valence-corrected chi connectivity index (χ0v) is 19.9. The Kier molecular flexibility index (Phi) is 7.20. The molecule has 4 aromatic rings. The minimum Gasteiger partial charge on any atom is -0.493 e. The van der Waals surface area contributed by atoms with Crippen molar-refractivity contribution in [2.45, 2.75) is 20.5 Å². The van der Waals surface area contributed by atoms with Crippen molar-refractivity contribution >= 4 is 17.3 Å². The Morgan fingerprint density at radius 3 is 2.36 bits per heavy atom. The highest BCUT2D eigenvalue weighted by Crippen LogP contribution is 2.34. The highest BCUT2D eigenvalue weighted by Gasteiger charge is 2.17. The van der Waals surface area contributed by atoms with Gasteiger partial charge in [-0.05, 0) is 61.4 Å². The minimum atomic E-state index is -0.573. The molecule has 1 amide bonds. The molecule has 1 aromatic heterocycles. The van der Waals surface area contributed by atoms with Crippen molar-refractivity contribution in [3.63, 3.8) is 0 Å². The number of para-hydroxylation sites is 2. The second-order valence-electron chi connectivity index (χ2n) is 8.06. The van der Waals surface area contributed by atoms with E-state index in [0.717, 1.165) is 11.1 Å². The average molecular weight is 488 g/mol. The van der Waals surface area contributed by atoms with Gasteiger partial charge in [0.25, 0.3) is 11.6 Å². The van der Waals surface area contributed by atoms with Crippen LogP contribution in [0.1, 0.15) is 27.4 Å². The van der Waals surface area contributed by atoms with E-state index in [9.17, 15) is 14.9 Å². The van der Waals surface area contributed by atoms with Crippen LogP contribution in [0.25, 0.3) is 0 Å². The average Bonchev–Trinajstić information content (AvgIpc) is 3.32. The Hall–Kier alpha value is -4.79.